The van der Waals surface area contributed by atoms with Gasteiger partial charge in [-0.05, 0) is 39.8 Å². The van der Waals surface area contributed by atoms with E-state index in [0.29, 0.717) is 0 Å². The van der Waals surface area contributed by atoms with E-state index in [0.717, 1.165) is 11.8 Å². The van der Waals surface area contributed by atoms with Crippen LogP contribution in [-0.2, 0) is 19.8 Å². The second-order valence-corrected chi connectivity index (χ2v) is 9.35. The summed E-state index contributed by atoms with van der Waals surface area (Å²) < 4.78 is 5.76. The molecule has 2 aromatic rings. The zero-order valence-corrected chi connectivity index (χ0v) is 21.3. The maximum atomic E-state index is 13.8. The number of amides is 1. The Morgan fingerprint density at radius 2 is 1.73 bits per heavy atom. The minimum atomic E-state index is -1.59. The summed E-state index contributed by atoms with van der Waals surface area (Å²) in [6.07, 6.45) is 1.27. The smallest absolute Gasteiger partial charge is 0.228 e. The Labute approximate surface area is 214 Å². The minimum Gasteiger partial charge on any atom is -0.507 e. The highest BCUT2D eigenvalue weighted by atomic mass is 16.5. The summed E-state index contributed by atoms with van der Waals surface area (Å²) in [5.74, 6) is -2.89. The van der Waals surface area contributed by atoms with Crippen LogP contribution in [0.1, 0.15) is 48.7 Å². The van der Waals surface area contributed by atoms with Crippen LogP contribution in [0.2, 0.25) is 0 Å². The van der Waals surface area contributed by atoms with Crippen LogP contribution in [0.15, 0.2) is 53.4 Å². The summed E-state index contributed by atoms with van der Waals surface area (Å²) >= 11 is 0. The molecule has 9 nitrogen and oxygen atoms in total. The number of ketones is 3. The third kappa shape index (κ3) is 3.96. The molecule has 2 aromatic carbocycles. The topological polar surface area (TPSA) is 133 Å². The van der Waals surface area contributed by atoms with Gasteiger partial charge in [-0.2, -0.15) is 0 Å². The molecule has 0 saturated carbocycles. The van der Waals surface area contributed by atoms with Crippen LogP contribution in [0, 0.1) is 6.92 Å². The SMILES string of the molecule is CC(=O)c1c(O)c(C)c(O)c2c1OC1=CC(=O)C(=C(C)NCCC(=O)N(C)c3ccccc3)C(=O)[C@@]12C. The molecule has 192 valence electrons. The number of Topliss-reactive ketones (excluding diaryl/α,β-unsaturated/α-hetero) is 2. The Bertz CT molecular complexity index is 1420. The zero-order chi connectivity index (χ0) is 27.2. The van der Waals surface area contributed by atoms with Crippen molar-refractivity contribution in [2.24, 2.45) is 0 Å². The molecule has 2 aliphatic rings. The molecule has 4 rings (SSSR count). The molecule has 0 spiro atoms. The highest BCUT2D eigenvalue weighted by molar-refractivity contribution is 6.31. The van der Waals surface area contributed by atoms with Crippen LogP contribution < -0.4 is 15.0 Å². The number of rotatable bonds is 6. The van der Waals surface area contributed by atoms with Crippen molar-refractivity contribution < 1.29 is 34.1 Å². The van der Waals surface area contributed by atoms with Gasteiger partial charge in [0.05, 0.1) is 11.1 Å². The molecule has 1 amide bonds. The van der Waals surface area contributed by atoms with Gasteiger partial charge in [0.25, 0.3) is 0 Å². The third-order valence-corrected chi connectivity index (χ3v) is 7.01. The molecule has 3 N–H and O–H groups in total. The standard InChI is InChI=1S/C28H28N2O7/c1-14-24(34)22(16(3)31)26-23(25(14)35)28(4)19(37-26)13-18(32)21(27(28)36)15(2)29-12-11-20(33)30(5)17-9-7-6-8-10-17/h6-10,13,29,34-35H,11-12H2,1-5H3/t28-/m0/s1. The van der Waals surface area contributed by atoms with Crippen molar-refractivity contribution in [1.82, 2.24) is 5.32 Å². The molecule has 37 heavy (non-hydrogen) atoms. The number of ether oxygens (including phenoxy) is 1. The van der Waals surface area contributed by atoms with Crippen LogP contribution in [0.5, 0.6) is 17.2 Å². The van der Waals surface area contributed by atoms with Crippen molar-refractivity contribution in [3.63, 3.8) is 0 Å². The Balaban J connectivity index is 1.64. The first kappa shape index (κ1) is 25.7. The number of nitrogens with one attached hydrogen (secondary N) is 1. The van der Waals surface area contributed by atoms with E-state index in [9.17, 15) is 29.4 Å². The number of hydrogen-bond acceptors (Lipinski definition) is 8. The fraction of sp³-hybridized carbons (Fsp3) is 0.286. The van der Waals surface area contributed by atoms with Gasteiger partial charge in [-0.1, -0.05) is 18.2 Å². The van der Waals surface area contributed by atoms with Crippen LogP contribution in [0.25, 0.3) is 0 Å². The molecular formula is C28H28N2O7. The van der Waals surface area contributed by atoms with E-state index in [-0.39, 0.29) is 64.1 Å². The van der Waals surface area contributed by atoms with Gasteiger partial charge in [-0.15, -0.1) is 0 Å². The number of hydrogen-bond donors (Lipinski definition) is 3. The number of phenols is 2. The van der Waals surface area contributed by atoms with Gasteiger partial charge < -0.3 is 25.2 Å². The van der Waals surface area contributed by atoms with Crippen molar-refractivity contribution in [2.75, 3.05) is 18.5 Å². The molecule has 0 aromatic heterocycles. The molecule has 1 heterocycles. The Morgan fingerprint density at radius 3 is 2.35 bits per heavy atom. The highest BCUT2D eigenvalue weighted by Gasteiger charge is 2.56. The van der Waals surface area contributed by atoms with Gasteiger partial charge in [0, 0.05) is 43.0 Å². The number of allylic oxidation sites excluding steroid dienone is 4. The molecule has 1 aliphatic carbocycles. The van der Waals surface area contributed by atoms with E-state index in [1.165, 1.54) is 25.7 Å². The number of para-hydroxylation sites is 1. The zero-order valence-electron chi connectivity index (χ0n) is 21.3. The summed E-state index contributed by atoms with van der Waals surface area (Å²) in [5.41, 5.74) is -0.807. The van der Waals surface area contributed by atoms with Crippen molar-refractivity contribution in [3.8, 4) is 17.2 Å². The fourth-order valence-corrected chi connectivity index (χ4v) is 4.77. The van der Waals surface area contributed by atoms with Gasteiger partial charge >= 0.3 is 0 Å². The fourth-order valence-electron chi connectivity index (χ4n) is 4.77. The number of carbonyl (C=O) groups is 4. The lowest BCUT2D eigenvalue weighted by molar-refractivity contribution is -0.123. The average molecular weight is 505 g/mol. The highest BCUT2D eigenvalue weighted by Crippen LogP contribution is 2.57. The number of carbonyl (C=O) groups excluding carboxylic acids is 4. The predicted octanol–water partition coefficient (Wildman–Crippen LogP) is 3.21. The van der Waals surface area contributed by atoms with E-state index in [1.807, 2.05) is 30.3 Å². The summed E-state index contributed by atoms with van der Waals surface area (Å²) in [5, 5.41) is 24.3. The van der Waals surface area contributed by atoms with Gasteiger partial charge in [-0.3, -0.25) is 19.2 Å². The van der Waals surface area contributed by atoms with E-state index in [4.69, 9.17) is 4.74 Å². The maximum Gasteiger partial charge on any atom is 0.228 e. The molecule has 0 saturated heterocycles. The summed E-state index contributed by atoms with van der Waals surface area (Å²) in [7, 11) is 1.67. The van der Waals surface area contributed by atoms with Gasteiger partial charge in [-0.25, -0.2) is 0 Å². The third-order valence-electron chi connectivity index (χ3n) is 7.01. The van der Waals surface area contributed by atoms with Crippen LogP contribution in [-0.4, -0.2) is 47.1 Å². The number of nitrogens with zero attached hydrogens (tertiary/aromatic N) is 1. The average Bonchev–Trinajstić information content (AvgIpc) is 3.15. The molecule has 1 aliphatic heterocycles. The molecule has 0 fully saturated rings. The van der Waals surface area contributed by atoms with Crippen molar-refractivity contribution in [2.45, 2.75) is 39.5 Å². The van der Waals surface area contributed by atoms with Gasteiger partial charge in [0.2, 0.25) is 5.91 Å². The van der Waals surface area contributed by atoms with Crippen LogP contribution in [0.4, 0.5) is 5.69 Å². The lowest BCUT2D eigenvalue weighted by atomic mass is 9.70. The van der Waals surface area contributed by atoms with E-state index < -0.39 is 28.5 Å². The molecule has 0 unspecified atom stereocenters. The first-order valence-corrected chi connectivity index (χ1v) is 11.8. The second-order valence-electron chi connectivity index (χ2n) is 9.35. The Kier molecular flexibility index (Phi) is 6.41. The van der Waals surface area contributed by atoms with E-state index >= 15 is 0 Å². The normalized spacial score (nSPS) is 19.4. The lowest BCUT2D eigenvalue weighted by Gasteiger charge is -2.29. The summed E-state index contributed by atoms with van der Waals surface area (Å²) in [4.78, 5) is 53.2. The monoisotopic (exact) mass is 504 g/mol. The Hall–Kier alpha value is -4.40. The summed E-state index contributed by atoms with van der Waals surface area (Å²) in [6.45, 7) is 5.91. The lowest BCUT2D eigenvalue weighted by Crippen LogP contribution is -2.41. The second kappa shape index (κ2) is 9.24. The molecule has 0 bridgehead atoms. The predicted molar refractivity (Wildman–Crippen MR) is 136 cm³/mol. The van der Waals surface area contributed by atoms with Crippen molar-refractivity contribution in [3.05, 3.63) is 70.1 Å². The molecule has 0 radical (unpaired) electrons. The van der Waals surface area contributed by atoms with Gasteiger partial charge in [0.1, 0.15) is 34.0 Å². The van der Waals surface area contributed by atoms with Crippen molar-refractivity contribution in [1.29, 1.82) is 0 Å². The minimum absolute atomic E-state index is 0.0288. The number of aromatic hydroxyl groups is 2. The van der Waals surface area contributed by atoms with E-state index in [2.05, 4.69) is 5.32 Å². The maximum absolute atomic E-state index is 13.8. The Morgan fingerprint density at radius 1 is 1.08 bits per heavy atom. The van der Waals surface area contributed by atoms with Crippen LogP contribution in [0.3, 0.4) is 0 Å². The first-order chi connectivity index (χ1) is 17.4. The van der Waals surface area contributed by atoms with E-state index in [1.54, 1.807) is 14.0 Å². The van der Waals surface area contributed by atoms with Crippen molar-refractivity contribution >= 4 is 28.9 Å². The van der Waals surface area contributed by atoms with Crippen LogP contribution >= 0.6 is 0 Å². The quantitative estimate of drug-likeness (QED) is 0.310. The number of fused-ring (bicyclic) bond motifs is 3. The number of benzene rings is 2. The number of phenolic OH excluding ortho intramolecular Hbond substituents is 2. The first-order valence-electron chi connectivity index (χ1n) is 11.8. The molecule has 9 heteroatoms. The van der Waals surface area contributed by atoms with Gasteiger partial charge in [0.15, 0.2) is 17.3 Å². The number of anilines is 1. The summed E-state index contributed by atoms with van der Waals surface area (Å²) in [6, 6.07) is 9.16. The largest absolute Gasteiger partial charge is 0.507 e. The molecule has 1 atom stereocenters. The molecular weight excluding hydrogens is 476 g/mol.